The van der Waals surface area contributed by atoms with Crippen LogP contribution >= 0.6 is 34.7 Å². The molecule has 9 heteroatoms. The smallest absolute Gasteiger partial charge is 0.273 e. The van der Waals surface area contributed by atoms with Crippen molar-refractivity contribution in [2.24, 2.45) is 0 Å². The van der Waals surface area contributed by atoms with Crippen LogP contribution in [-0.2, 0) is 11.3 Å². The van der Waals surface area contributed by atoms with Crippen molar-refractivity contribution >= 4 is 56.6 Å². The van der Waals surface area contributed by atoms with E-state index in [1.54, 1.807) is 23.9 Å². The second-order valence-electron chi connectivity index (χ2n) is 5.25. The Kier molecular flexibility index (Phi) is 5.41. The first-order chi connectivity index (χ1) is 12.0. The summed E-state index contributed by atoms with van der Waals surface area (Å²) in [4.78, 5) is 33.3. The number of carbonyl (C=O) groups is 1. The fraction of sp³-hybridized carbons (Fsp3) is 0.250. The summed E-state index contributed by atoms with van der Waals surface area (Å²) in [7, 11) is 0. The Morgan fingerprint density at radius 3 is 3.00 bits per heavy atom. The second kappa shape index (κ2) is 7.55. The average molecular weight is 395 g/mol. The Hall–Kier alpha value is -1.90. The van der Waals surface area contributed by atoms with Crippen LogP contribution in [0.4, 0.5) is 5.69 Å². The summed E-state index contributed by atoms with van der Waals surface area (Å²) in [5.41, 5.74) is 1.68. The number of hydrogen-bond acceptors (Lipinski definition) is 6. The van der Waals surface area contributed by atoms with E-state index in [0.717, 1.165) is 15.7 Å². The quantitative estimate of drug-likeness (QED) is 0.669. The fourth-order valence-corrected chi connectivity index (χ4v) is 4.31. The van der Waals surface area contributed by atoms with Gasteiger partial charge in [0, 0.05) is 10.7 Å². The highest BCUT2D eigenvalue weighted by Gasteiger charge is 2.13. The molecule has 0 unspecified atom stereocenters. The molecule has 3 aromatic rings. The Balaban J connectivity index is 1.82. The van der Waals surface area contributed by atoms with Crippen LogP contribution in [0.5, 0.6) is 0 Å². The Morgan fingerprint density at radius 2 is 2.24 bits per heavy atom. The number of hydrogen-bond donors (Lipinski definition) is 1. The zero-order valence-electron chi connectivity index (χ0n) is 13.6. The predicted octanol–water partition coefficient (Wildman–Crippen LogP) is 3.57. The highest BCUT2D eigenvalue weighted by Crippen LogP contribution is 2.26. The van der Waals surface area contributed by atoms with E-state index in [2.05, 4.69) is 15.3 Å². The number of aromatic nitrogens is 3. The molecule has 0 aliphatic heterocycles. The van der Waals surface area contributed by atoms with E-state index in [9.17, 15) is 9.59 Å². The van der Waals surface area contributed by atoms with E-state index in [1.165, 1.54) is 22.2 Å². The van der Waals surface area contributed by atoms with Crippen molar-refractivity contribution in [3.63, 3.8) is 0 Å². The van der Waals surface area contributed by atoms with E-state index in [-0.39, 0.29) is 18.0 Å². The van der Waals surface area contributed by atoms with Gasteiger partial charge in [-0.1, -0.05) is 36.4 Å². The monoisotopic (exact) mass is 394 g/mol. The third kappa shape index (κ3) is 4.02. The maximum absolute atomic E-state index is 12.5. The molecule has 0 saturated carbocycles. The molecule has 0 saturated heterocycles. The van der Waals surface area contributed by atoms with Gasteiger partial charge in [0.25, 0.3) is 5.56 Å². The van der Waals surface area contributed by atoms with E-state index in [4.69, 9.17) is 11.6 Å². The lowest BCUT2D eigenvalue weighted by molar-refractivity contribution is -0.116. The van der Waals surface area contributed by atoms with Gasteiger partial charge < -0.3 is 5.32 Å². The first kappa shape index (κ1) is 17.9. The van der Waals surface area contributed by atoms with Crippen LogP contribution in [0.25, 0.3) is 10.3 Å². The first-order valence-corrected chi connectivity index (χ1v) is 9.70. The number of amides is 1. The molecule has 0 aliphatic rings. The molecule has 3 rings (SSSR count). The number of nitrogens with zero attached hydrogens (tertiary/aromatic N) is 3. The van der Waals surface area contributed by atoms with Crippen molar-refractivity contribution in [1.82, 2.24) is 14.5 Å². The number of carbonyl (C=O) groups excluding carboxylic acids is 1. The van der Waals surface area contributed by atoms with Gasteiger partial charge in [-0.2, -0.15) is 0 Å². The van der Waals surface area contributed by atoms with Gasteiger partial charge in [0.1, 0.15) is 17.6 Å². The SMILES string of the molecule is CCSc1nc2ncn(CC(=O)Nc3cc(Cl)ccc3C)c(=O)c2s1. The summed E-state index contributed by atoms with van der Waals surface area (Å²) in [6.07, 6.45) is 1.36. The molecule has 6 nitrogen and oxygen atoms in total. The number of aryl methyl sites for hydroxylation is 1. The minimum atomic E-state index is -0.318. The summed E-state index contributed by atoms with van der Waals surface area (Å²) in [6.45, 7) is 3.77. The first-order valence-electron chi connectivity index (χ1n) is 7.52. The highest BCUT2D eigenvalue weighted by atomic mass is 35.5. The van der Waals surface area contributed by atoms with Crippen molar-refractivity contribution in [1.29, 1.82) is 0 Å². The number of thioether (sulfide) groups is 1. The minimum Gasteiger partial charge on any atom is -0.324 e. The van der Waals surface area contributed by atoms with Gasteiger partial charge in [-0.25, -0.2) is 9.97 Å². The van der Waals surface area contributed by atoms with E-state index in [0.29, 0.717) is 21.1 Å². The number of fused-ring (bicyclic) bond motifs is 1. The second-order valence-corrected chi connectivity index (χ2v) is 8.20. The maximum Gasteiger partial charge on any atom is 0.273 e. The summed E-state index contributed by atoms with van der Waals surface area (Å²) in [5, 5.41) is 3.31. The Labute approximate surface area is 157 Å². The molecule has 0 radical (unpaired) electrons. The third-order valence-electron chi connectivity index (χ3n) is 3.42. The molecule has 1 amide bonds. The number of anilines is 1. The van der Waals surface area contributed by atoms with Crippen LogP contribution in [-0.4, -0.2) is 26.2 Å². The van der Waals surface area contributed by atoms with Gasteiger partial charge in [-0.05, 0) is 30.4 Å². The largest absolute Gasteiger partial charge is 0.324 e. The lowest BCUT2D eigenvalue weighted by Crippen LogP contribution is -2.27. The molecule has 0 bridgehead atoms. The molecule has 1 N–H and O–H groups in total. The summed E-state index contributed by atoms with van der Waals surface area (Å²) < 4.78 is 2.56. The van der Waals surface area contributed by atoms with Gasteiger partial charge in [0.15, 0.2) is 9.99 Å². The normalized spacial score (nSPS) is 11.0. The fourth-order valence-electron chi connectivity index (χ4n) is 2.20. The van der Waals surface area contributed by atoms with Crippen molar-refractivity contribution in [3.8, 4) is 0 Å². The summed E-state index contributed by atoms with van der Waals surface area (Å²) >= 11 is 8.82. The number of thiazole rings is 1. The lowest BCUT2D eigenvalue weighted by atomic mass is 10.2. The minimum absolute atomic E-state index is 0.123. The predicted molar refractivity (Wildman–Crippen MR) is 103 cm³/mol. The molecule has 0 fully saturated rings. The molecular formula is C16H15ClN4O2S2. The van der Waals surface area contributed by atoms with Crippen LogP contribution in [0.15, 0.2) is 33.7 Å². The van der Waals surface area contributed by atoms with Crippen LogP contribution in [0.1, 0.15) is 12.5 Å². The molecule has 0 aliphatic carbocycles. The van der Waals surface area contributed by atoms with Gasteiger partial charge in [-0.3, -0.25) is 14.2 Å². The van der Waals surface area contributed by atoms with Crippen LogP contribution in [0, 0.1) is 6.92 Å². The van der Waals surface area contributed by atoms with Gasteiger partial charge in [0.2, 0.25) is 5.91 Å². The molecule has 130 valence electrons. The van der Waals surface area contributed by atoms with Gasteiger partial charge in [-0.15, -0.1) is 11.3 Å². The topological polar surface area (TPSA) is 76.9 Å². The Morgan fingerprint density at radius 1 is 1.44 bits per heavy atom. The number of nitrogens with one attached hydrogen (secondary N) is 1. The van der Waals surface area contributed by atoms with E-state index >= 15 is 0 Å². The van der Waals surface area contributed by atoms with Crippen molar-refractivity contribution in [2.75, 3.05) is 11.1 Å². The summed E-state index contributed by atoms with van der Waals surface area (Å²) in [6, 6.07) is 5.25. The summed E-state index contributed by atoms with van der Waals surface area (Å²) in [5.74, 6) is 0.552. The zero-order chi connectivity index (χ0) is 18.0. The number of halogens is 1. The van der Waals surface area contributed by atoms with Gasteiger partial charge in [0.05, 0.1) is 0 Å². The van der Waals surface area contributed by atoms with Crippen LogP contribution in [0.3, 0.4) is 0 Å². The van der Waals surface area contributed by atoms with Crippen molar-refractivity contribution in [2.45, 2.75) is 24.7 Å². The van der Waals surface area contributed by atoms with Crippen molar-refractivity contribution in [3.05, 3.63) is 45.5 Å². The Bertz CT molecular complexity index is 999. The molecule has 1 aromatic carbocycles. The molecule has 0 atom stereocenters. The lowest BCUT2D eigenvalue weighted by Gasteiger charge is -2.09. The number of benzene rings is 1. The van der Waals surface area contributed by atoms with Crippen LogP contribution in [0.2, 0.25) is 5.02 Å². The van der Waals surface area contributed by atoms with Gasteiger partial charge >= 0.3 is 0 Å². The zero-order valence-corrected chi connectivity index (χ0v) is 16.0. The molecule has 25 heavy (non-hydrogen) atoms. The average Bonchev–Trinajstić information content (AvgIpc) is 2.98. The number of rotatable bonds is 5. The standard InChI is InChI=1S/C16H15ClN4O2S2/c1-3-24-16-20-14-13(25-16)15(23)21(8-18-14)7-12(22)19-11-6-10(17)5-4-9(11)2/h4-6,8H,3,7H2,1-2H3,(H,19,22). The van der Waals surface area contributed by atoms with Crippen molar-refractivity contribution < 1.29 is 4.79 Å². The maximum atomic E-state index is 12.5. The van der Waals surface area contributed by atoms with E-state index < -0.39 is 0 Å². The third-order valence-corrected chi connectivity index (χ3v) is 5.71. The molecule has 0 spiro atoms. The molecular weight excluding hydrogens is 380 g/mol. The van der Waals surface area contributed by atoms with E-state index in [1.807, 2.05) is 19.9 Å². The highest BCUT2D eigenvalue weighted by molar-refractivity contribution is 8.01. The molecule has 2 aromatic heterocycles. The molecule has 2 heterocycles. The van der Waals surface area contributed by atoms with Crippen LogP contribution < -0.4 is 10.9 Å².